The van der Waals surface area contributed by atoms with Gasteiger partial charge in [0.25, 0.3) is 0 Å². The molecule has 0 radical (unpaired) electrons. The number of hydrogen-bond acceptors (Lipinski definition) is 6. The van der Waals surface area contributed by atoms with Gasteiger partial charge in [0, 0.05) is 41.3 Å². The normalized spacial score (nSPS) is 11.2. The van der Waals surface area contributed by atoms with E-state index in [9.17, 15) is 0 Å². The van der Waals surface area contributed by atoms with Gasteiger partial charge in [0.15, 0.2) is 0 Å². The first-order valence-corrected chi connectivity index (χ1v) is 24.7. The molecule has 0 fully saturated rings. The summed E-state index contributed by atoms with van der Waals surface area (Å²) in [4.78, 5) is 0. The molecule has 0 amide bonds. The lowest BCUT2D eigenvalue weighted by Gasteiger charge is -2.01. The SMILES string of the molecule is CC(C)CC#CCCSC(C)C.CC(C)CC#CCSCC(C)C.CC(C)CSC/C=C\SC(C)C.CC(C)S/C=C\CCSC(C)C. The zero-order valence-corrected chi connectivity index (χ0v) is 39.3. The second-order valence-corrected chi connectivity index (χ2v) is 22.7. The predicted molar refractivity (Wildman–Crippen MR) is 247 cm³/mol. The molecule has 0 bridgehead atoms. The molecule has 48 heavy (non-hydrogen) atoms. The summed E-state index contributed by atoms with van der Waals surface area (Å²) < 4.78 is 0. The molecule has 0 saturated heterocycles. The third kappa shape index (κ3) is 72.4. The van der Waals surface area contributed by atoms with E-state index >= 15 is 0 Å². The fourth-order valence-electron chi connectivity index (χ4n) is 2.66. The second kappa shape index (κ2) is 43.9. The van der Waals surface area contributed by atoms with Crippen LogP contribution in [0.3, 0.4) is 0 Å². The molecule has 0 aromatic heterocycles. The van der Waals surface area contributed by atoms with Crippen LogP contribution in [-0.2, 0) is 0 Å². The molecule has 0 aliphatic carbocycles. The van der Waals surface area contributed by atoms with Crippen molar-refractivity contribution in [3.05, 3.63) is 23.0 Å². The van der Waals surface area contributed by atoms with Crippen LogP contribution in [0.5, 0.6) is 0 Å². The number of rotatable bonds is 20. The summed E-state index contributed by atoms with van der Waals surface area (Å²) in [6.45, 7) is 35.7. The fraction of sp³-hybridized carbons (Fsp3) is 0.810. The van der Waals surface area contributed by atoms with E-state index in [-0.39, 0.29) is 0 Å². The molecule has 0 N–H and O–H groups in total. The lowest BCUT2D eigenvalue weighted by atomic mass is 10.1. The molecule has 0 aliphatic heterocycles. The van der Waals surface area contributed by atoms with Gasteiger partial charge in [-0.3, -0.25) is 0 Å². The highest BCUT2D eigenvalue weighted by Crippen LogP contribution is 2.14. The first-order chi connectivity index (χ1) is 22.5. The summed E-state index contributed by atoms with van der Waals surface area (Å²) in [5.74, 6) is 22.9. The average Bonchev–Trinajstić information content (AvgIpc) is 2.96. The second-order valence-electron chi connectivity index (χ2n) is 14.2. The Morgan fingerprint density at radius 1 is 0.458 bits per heavy atom. The molecule has 0 heterocycles. The Bertz CT molecular complexity index is 733. The quantitative estimate of drug-likeness (QED) is 0.0886. The van der Waals surface area contributed by atoms with Crippen LogP contribution in [-0.4, -0.2) is 55.5 Å². The van der Waals surface area contributed by atoms with Crippen LogP contribution in [0.1, 0.15) is 136 Å². The van der Waals surface area contributed by atoms with Gasteiger partial charge in [-0.15, -0.1) is 53.0 Å². The van der Waals surface area contributed by atoms with E-state index in [0.29, 0.717) is 5.92 Å². The van der Waals surface area contributed by atoms with Gasteiger partial charge in [-0.1, -0.05) is 129 Å². The van der Waals surface area contributed by atoms with E-state index < -0.39 is 0 Å². The van der Waals surface area contributed by atoms with E-state index in [2.05, 4.69) is 157 Å². The minimum absolute atomic E-state index is 0.715. The lowest BCUT2D eigenvalue weighted by Crippen LogP contribution is -1.90. The van der Waals surface area contributed by atoms with Crippen molar-refractivity contribution in [1.82, 2.24) is 0 Å². The minimum Gasteiger partial charge on any atom is -0.159 e. The third-order valence-corrected chi connectivity index (χ3v) is 11.5. The maximum absolute atomic E-state index is 3.20. The zero-order chi connectivity index (χ0) is 37.6. The molecule has 0 aliphatic rings. The van der Waals surface area contributed by atoms with Gasteiger partial charge in [-0.25, -0.2) is 0 Å². The Kier molecular flexibility index (Phi) is 50.7. The molecular weight excluding hydrogens is 697 g/mol. The highest BCUT2D eigenvalue weighted by atomic mass is 32.2. The highest BCUT2D eigenvalue weighted by Gasteiger charge is 1.94. The van der Waals surface area contributed by atoms with Crippen molar-refractivity contribution >= 4 is 70.6 Å². The van der Waals surface area contributed by atoms with Gasteiger partial charge in [-0.05, 0) is 68.7 Å². The van der Waals surface area contributed by atoms with Crippen LogP contribution in [0.2, 0.25) is 0 Å². The Labute approximate surface area is 330 Å². The lowest BCUT2D eigenvalue weighted by molar-refractivity contribution is 0.675. The molecule has 0 rings (SSSR count). The molecule has 0 aromatic carbocycles. The Hall–Kier alpha value is 0.700. The monoisotopic (exact) mass is 776 g/mol. The van der Waals surface area contributed by atoms with E-state index in [1.54, 1.807) is 0 Å². The van der Waals surface area contributed by atoms with Gasteiger partial charge >= 0.3 is 0 Å². The van der Waals surface area contributed by atoms with Crippen LogP contribution in [0.4, 0.5) is 0 Å². The van der Waals surface area contributed by atoms with Gasteiger partial charge in [-0.2, -0.15) is 35.3 Å². The number of hydrogen-bond donors (Lipinski definition) is 0. The first-order valence-electron chi connectivity index (χ1n) is 18.4. The molecule has 6 heteroatoms. The Morgan fingerprint density at radius 2 is 0.917 bits per heavy atom. The van der Waals surface area contributed by atoms with Gasteiger partial charge in [0.05, 0.1) is 5.75 Å². The van der Waals surface area contributed by atoms with Gasteiger partial charge < -0.3 is 0 Å². The maximum atomic E-state index is 3.20. The van der Waals surface area contributed by atoms with Crippen molar-refractivity contribution in [2.24, 2.45) is 23.7 Å². The van der Waals surface area contributed by atoms with E-state index in [0.717, 1.165) is 69.5 Å². The largest absolute Gasteiger partial charge is 0.159 e. The Morgan fingerprint density at radius 3 is 1.38 bits per heavy atom. The molecule has 284 valence electrons. The maximum Gasteiger partial charge on any atom is 0.0547 e. The standard InChI is InChI=1S/2C11H20S.2C10H20S2/c1-10(2)7-5-6-8-12-9-11(3)4;1-10(2)8-6-5-7-9-12-11(3)4;1-9(2)8-11-6-5-7-12-10(3)4;1-9(2)11-7-5-6-8-12-10(3)4/h2*10-11H,7-9H2,1-4H3;2*5,7,9-10H,6,8H2,1-4H3/b;;2*7-5-. The van der Waals surface area contributed by atoms with Crippen molar-refractivity contribution in [2.75, 3.05) is 34.5 Å². The number of allylic oxidation sites excluding steroid dienone is 1. The van der Waals surface area contributed by atoms with E-state index in [1.807, 2.05) is 70.6 Å². The summed E-state index contributed by atoms with van der Waals surface area (Å²) in [7, 11) is 0. The molecule has 0 nitrogen and oxygen atoms in total. The van der Waals surface area contributed by atoms with Crippen LogP contribution in [0.25, 0.3) is 0 Å². The third-order valence-electron chi connectivity index (χ3n) is 4.87. The van der Waals surface area contributed by atoms with Crippen LogP contribution in [0, 0.1) is 47.4 Å². The van der Waals surface area contributed by atoms with Crippen molar-refractivity contribution in [3.63, 3.8) is 0 Å². The summed E-state index contributed by atoms with van der Waals surface area (Å²) >= 11 is 11.8. The van der Waals surface area contributed by atoms with Crippen LogP contribution in [0.15, 0.2) is 23.0 Å². The van der Waals surface area contributed by atoms with Crippen LogP contribution < -0.4 is 0 Å². The van der Waals surface area contributed by atoms with Crippen molar-refractivity contribution in [2.45, 2.75) is 157 Å². The smallest absolute Gasteiger partial charge is 0.0547 e. The fourth-order valence-corrected chi connectivity index (χ4v) is 6.93. The highest BCUT2D eigenvalue weighted by molar-refractivity contribution is 8.03. The van der Waals surface area contributed by atoms with Gasteiger partial charge in [0.1, 0.15) is 0 Å². The summed E-state index contributed by atoms with van der Waals surface area (Å²) in [5.41, 5.74) is 0. The molecule has 0 atom stereocenters. The van der Waals surface area contributed by atoms with Gasteiger partial charge in [0.2, 0.25) is 0 Å². The Balaban J connectivity index is -0.000000269. The number of thioether (sulfide) groups is 6. The zero-order valence-electron chi connectivity index (χ0n) is 34.4. The predicted octanol–water partition coefficient (Wildman–Crippen LogP) is 15.2. The van der Waals surface area contributed by atoms with E-state index in [1.165, 1.54) is 29.4 Å². The van der Waals surface area contributed by atoms with Crippen molar-refractivity contribution in [1.29, 1.82) is 0 Å². The first kappa shape index (κ1) is 55.5. The topological polar surface area (TPSA) is 0 Å². The van der Waals surface area contributed by atoms with Crippen molar-refractivity contribution < 1.29 is 0 Å². The summed E-state index contributed by atoms with van der Waals surface area (Å²) in [5, 5.41) is 7.41. The molecule has 0 saturated carbocycles. The van der Waals surface area contributed by atoms with E-state index in [4.69, 9.17) is 0 Å². The summed E-state index contributed by atoms with van der Waals surface area (Å²) in [6.07, 6.45) is 8.89. The van der Waals surface area contributed by atoms with Crippen molar-refractivity contribution in [3.8, 4) is 23.7 Å². The molecule has 0 spiro atoms. The molecule has 0 aromatic rings. The summed E-state index contributed by atoms with van der Waals surface area (Å²) in [6, 6.07) is 0. The minimum atomic E-state index is 0.715. The molecule has 0 unspecified atom stereocenters. The molecular formula is C42H80S6. The van der Waals surface area contributed by atoms with Crippen LogP contribution >= 0.6 is 70.6 Å². The average molecular weight is 778 g/mol.